The second-order valence-corrected chi connectivity index (χ2v) is 4.08. The molecule has 0 radical (unpaired) electrons. The van der Waals surface area contributed by atoms with Crippen LogP contribution in [0.5, 0.6) is 0 Å². The molecule has 5 nitrogen and oxygen atoms in total. The normalized spacial score (nSPS) is 11.6. The Bertz CT molecular complexity index is 568. The van der Waals surface area contributed by atoms with Gasteiger partial charge in [-0.25, -0.2) is 0 Å². The average Bonchev–Trinajstić information content (AvgIpc) is 2.84. The molecule has 0 aliphatic heterocycles. The van der Waals surface area contributed by atoms with Crippen LogP contribution >= 0.6 is 0 Å². The monoisotopic (exact) mass is 286 g/mol. The first-order valence-corrected chi connectivity index (χ1v) is 5.86. The molecule has 108 valence electrons. The maximum atomic E-state index is 12.6. The highest BCUT2D eigenvalue weighted by Crippen LogP contribution is 2.29. The summed E-state index contributed by atoms with van der Waals surface area (Å²) in [6, 6.07) is 5.24. The molecule has 0 saturated carbocycles. The fraction of sp³-hybridized carbons (Fsp3) is 0.333. The van der Waals surface area contributed by atoms with Gasteiger partial charge in [0.1, 0.15) is 0 Å². The Morgan fingerprint density at radius 2 is 2.00 bits per heavy atom. The number of nitrogens with one attached hydrogen (secondary N) is 2. The summed E-state index contributed by atoms with van der Waals surface area (Å²) in [5.41, 5.74) is -0.202. The van der Waals surface area contributed by atoms with Crippen molar-refractivity contribution in [1.82, 2.24) is 15.5 Å². The second kappa shape index (κ2) is 5.91. The lowest BCUT2D eigenvalue weighted by Gasteiger charge is -2.08. The van der Waals surface area contributed by atoms with Crippen LogP contribution in [0.15, 0.2) is 28.7 Å². The molecule has 0 atom stereocenters. The van der Waals surface area contributed by atoms with Crippen molar-refractivity contribution in [3.63, 3.8) is 0 Å². The lowest BCUT2D eigenvalue weighted by Crippen LogP contribution is -2.07. The van der Waals surface area contributed by atoms with Crippen LogP contribution in [0.2, 0.25) is 0 Å². The van der Waals surface area contributed by atoms with E-state index in [0.717, 1.165) is 12.1 Å². The smallest absolute Gasteiger partial charge is 0.407 e. The van der Waals surface area contributed by atoms with Gasteiger partial charge in [-0.15, -0.1) is 5.10 Å². The number of hydrogen-bond donors (Lipinski definition) is 2. The van der Waals surface area contributed by atoms with Gasteiger partial charge in [-0.3, -0.25) is 0 Å². The summed E-state index contributed by atoms with van der Waals surface area (Å²) in [5, 5.41) is 13.1. The van der Waals surface area contributed by atoms with E-state index in [4.69, 9.17) is 4.42 Å². The van der Waals surface area contributed by atoms with Crippen LogP contribution in [0, 0.1) is 0 Å². The molecule has 2 rings (SSSR count). The third-order valence-electron chi connectivity index (χ3n) is 2.49. The molecule has 1 heterocycles. The third-order valence-corrected chi connectivity index (χ3v) is 2.49. The molecule has 0 aliphatic carbocycles. The van der Waals surface area contributed by atoms with Crippen LogP contribution in [0.3, 0.4) is 0 Å². The molecular weight excluding hydrogens is 273 g/mol. The van der Waals surface area contributed by atoms with Crippen molar-refractivity contribution < 1.29 is 17.6 Å². The molecule has 0 amide bonds. The van der Waals surface area contributed by atoms with E-state index >= 15 is 0 Å². The molecule has 2 aromatic rings. The number of nitrogens with zero attached hydrogens (tertiary/aromatic N) is 2. The van der Waals surface area contributed by atoms with Crippen LogP contribution in [-0.4, -0.2) is 17.2 Å². The first kappa shape index (κ1) is 14.3. The van der Waals surface area contributed by atoms with Crippen molar-refractivity contribution in [2.75, 3.05) is 12.4 Å². The highest BCUT2D eigenvalue weighted by Gasteiger charge is 2.30. The number of hydrogen-bond acceptors (Lipinski definition) is 5. The number of benzene rings is 1. The highest BCUT2D eigenvalue weighted by atomic mass is 19.4. The van der Waals surface area contributed by atoms with E-state index in [1.165, 1.54) is 6.07 Å². The van der Waals surface area contributed by atoms with Crippen LogP contribution in [0.4, 0.5) is 19.2 Å². The molecule has 2 N–H and O–H groups in total. The van der Waals surface area contributed by atoms with Gasteiger partial charge in [-0.1, -0.05) is 17.2 Å². The van der Waals surface area contributed by atoms with E-state index in [1.54, 1.807) is 13.1 Å². The Hall–Kier alpha value is -2.09. The second-order valence-electron chi connectivity index (χ2n) is 4.08. The summed E-state index contributed by atoms with van der Waals surface area (Å²) in [7, 11) is 1.74. The molecule has 0 aliphatic rings. The Morgan fingerprint density at radius 3 is 2.70 bits per heavy atom. The van der Waals surface area contributed by atoms with Gasteiger partial charge in [0.15, 0.2) is 0 Å². The summed E-state index contributed by atoms with van der Waals surface area (Å²) in [4.78, 5) is 0. The molecule has 1 aromatic carbocycles. The molecule has 0 saturated heterocycles. The molecule has 1 aromatic heterocycles. The van der Waals surface area contributed by atoms with Crippen LogP contribution in [0.1, 0.15) is 17.0 Å². The lowest BCUT2D eigenvalue weighted by atomic mass is 10.1. The number of anilines is 1. The first-order chi connectivity index (χ1) is 9.49. The summed E-state index contributed by atoms with van der Waals surface area (Å²) in [6.45, 7) is 0.601. The zero-order chi connectivity index (χ0) is 14.6. The zero-order valence-electron chi connectivity index (χ0n) is 10.7. The van der Waals surface area contributed by atoms with Gasteiger partial charge in [0, 0.05) is 6.54 Å². The highest BCUT2D eigenvalue weighted by molar-refractivity contribution is 5.29. The van der Waals surface area contributed by atoms with Gasteiger partial charge in [0.2, 0.25) is 5.89 Å². The number of rotatable bonds is 5. The Kier molecular flexibility index (Phi) is 4.23. The number of aromatic nitrogens is 2. The average molecular weight is 286 g/mol. The van der Waals surface area contributed by atoms with Gasteiger partial charge in [0.25, 0.3) is 0 Å². The molecule has 0 unspecified atom stereocenters. The van der Waals surface area contributed by atoms with Crippen molar-refractivity contribution in [3.8, 4) is 0 Å². The fourth-order valence-corrected chi connectivity index (χ4v) is 1.58. The maximum absolute atomic E-state index is 12.6. The van der Waals surface area contributed by atoms with Gasteiger partial charge in [-0.05, 0) is 24.7 Å². The number of alkyl halides is 3. The Morgan fingerprint density at radius 1 is 1.20 bits per heavy atom. The van der Waals surface area contributed by atoms with Crippen LogP contribution < -0.4 is 10.6 Å². The SMILES string of the molecule is CNCc1nnc(NCc2cccc(C(F)(F)F)c2)o1. The van der Waals surface area contributed by atoms with Gasteiger partial charge in [0.05, 0.1) is 12.1 Å². The largest absolute Gasteiger partial charge is 0.416 e. The van der Waals surface area contributed by atoms with E-state index in [-0.39, 0.29) is 12.6 Å². The summed E-state index contributed by atoms with van der Waals surface area (Å²) >= 11 is 0. The van der Waals surface area contributed by atoms with E-state index in [0.29, 0.717) is 18.0 Å². The maximum Gasteiger partial charge on any atom is 0.416 e. The quantitative estimate of drug-likeness (QED) is 0.883. The van der Waals surface area contributed by atoms with Gasteiger partial charge < -0.3 is 15.1 Å². The van der Waals surface area contributed by atoms with Crippen molar-refractivity contribution in [1.29, 1.82) is 0 Å². The number of halogens is 3. The predicted molar refractivity (Wildman–Crippen MR) is 65.8 cm³/mol. The molecular formula is C12H13F3N4O. The predicted octanol–water partition coefficient (Wildman–Crippen LogP) is 2.42. The first-order valence-electron chi connectivity index (χ1n) is 5.86. The minimum absolute atomic E-state index is 0.172. The molecule has 8 heteroatoms. The summed E-state index contributed by atoms with van der Waals surface area (Å²) < 4.78 is 42.9. The minimum atomic E-state index is -4.35. The van der Waals surface area contributed by atoms with Crippen molar-refractivity contribution in [2.24, 2.45) is 0 Å². The fourth-order valence-electron chi connectivity index (χ4n) is 1.58. The van der Waals surface area contributed by atoms with Gasteiger partial charge in [-0.2, -0.15) is 13.2 Å². The molecule has 0 fully saturated rings. The van der Waals surface area contributed by atoms with E-state index in [1.807, 2.05) is 0 Å². The lowest BCUT2D eigenvalue weighted by molar-refractivity contribution is -0.137. The Labute approximate surface area is 113 Å². The third kappa shape index (κ3) is 3.70. The standard InChI is InChI=1S/C12H13F3N4O/c1-16-7-10-18-19-11(20-10)17-6-8-3-2-4-9(5-8)12(13,14)15/h2-5,16H,6-7H2,1H3,(H,17,19). The van der Waals surface area contributed by atoms with Crippen LogP contribution in [-0.2, 0) is 19.3 Å². The Balaban J connectivity index is 1.99. The van der Waals surface area contributed by atoms with Gasteiger partial charge >= 0.3 is 12.2 Å². The van der Waals surface area contributed by atoms with Crippen LogP contribution in [0.25, 0.3) is 0 Å². The van der Waals surface area contributed by atoms with E-state index in [9.17, 15) is 13.2 Å². The molecule has 0 bridgehead atoms. The van der Waals surface area contributed by atoms with E-state index in [2.05, 4.69) is 20.8 Å². The zero-order valence-corrected chi connectivity index (χ0v) is 10.7. The summed E-state index contributed by atoms with van der Waals surface area (Å²) in [5.74, 6) is 0.402. The minimum Gasteiger partial charge on any atom is -0.407 e. The molecule has 0 spiro atoms. The van der Waals surface area contributed by atoms with Crippen molar-refractivity contribution in [3.05, 3.63) is 41.3 Å². The van der Waals surface area contributed by atoms with Crippen molar-refractivity contribution in [2.45, 2.75) is 19.3 Å². The summed E-state index contributed by atoms with van der Waals surface area (Å²) in [6.07, 6.45) is -4.35. The topological polar surface area (TPSA) is 63.0 Å². The van der Waals surface area contributed by atoms with E-state index < -0.39 is 11.7 Å². The molecule has 20 heavy (non-hydrogen) atoms. The van der Waals surface area contributed by atoms with Crippen molar-refractivity contribution >= 4 is 6.01 Å².